The fourth-order valence-corrected chi connectivity index (χ4v) is 3.46. The second-order valence-electron chi connectivity index (χ2n) is 5.31. The standard InChI is InChI=1S/C15H24IN3/c1-3-10-17-15-13(16)12(4-2)18-14(19-15)11-8-6-5-7-9-11/h11H,3-10H2,1-2H3,(H,17,18,19). The minimum absolute atomic E-state index is 0.582. The van der Waals surface area contributed by atoms with Gasteiger partial charge in [-0.2, -0.15) is 0 Å². The number of nitrogens with one attached hydrogen (secondary N) is 1. The van der Waals surface area contributed by atoms with Crippen molar-refractivity contribution in [1.82, 2.24) is 9.97 Å². The van der Waals surface area contributed by atoms with Crippen LogP contribution in [0.25, 0.3) is 0 Å². The van der Waals surface area contributed by atoms with Crippen LogP contribution in [0.4, 0.5) is 5.82 Å². The monoisotopic (exact) mass is 373 g/mol. The third-order valence-electron chi connectivity index (χ3n) is 3.78. The molecule has 0 spiro atoms. The molecule has 1 heterocycles. The molecule has 1 aromatic heterocycles. The van der Waals surface area contributed by atoms with Crippen molar-refractivity contribution in [1.29, 1.82) is 0 Å². The van der Waals surface area contributed by atoms with Gasteiger partial charge >= 0.3 is 0 Å². The Kier molecular flexibility index (Phi) is 5.85. The van der Waals surface area contributed by atoms with Gasteiger partial charge in [0.2, 0.25) is 0 Å². The van der Waals surface area contributed by atoms with E-state index < -0.39 is 0 Å². The summed E-state index contributed by atoms with van der Waals surface area (Å²) in [6.45, 7) is 5.35. The van der Waals surface area contributed by atoms with Crippen molar-refractivity contribution < 1.29 is 0 Å². The Morgan fingerprint density at radius 2 is 1.89 bits per heavy atom. The van der Waals surface area contributed by atoms with Gasteiger partial charge in [0, 0.05) is 12.5 Å². The van der Waals surface area contributed by atoms with Crippen LogP contribution in [-0.4, -0.2) is 16.5 Å². The van der Waals surface area contributed by atoms with E-state index in [0.29, 0.717) is 5.92 Å². The van der Waals surface area contributed by atoms with Crippen LogP contribution in [0.15, 0.2) is 0 Å². The zero-order chi connectivity index (χ0) is 13.7. The van der Waals surface area contributed by atoms with Crippen LogP contribution in [0.3, 0.4) is 0 Å². The van der Waals surface area contributed by atoms with Crippen LogP contribution in [0.2, 0.25) is 0 Å². The molecule has 2 rings (SSSR count). The van der Waals surface area contributed by atoms with E-state index in [-0.39, 0.29) is 0 Å². The molecule has 3 nitrogen and oxygen atoms in total. The van der Waals surface area contributed by atoms with Crippen molar-refractivity contribution in [3.8, 4) is 0 Å². The van der Waals surface area contributed by atoms with Crippen LogP contribution in [-0.2, 0) is 6.42 Å². The van der Waals surface area contributed by atoms with Crippen molar-refractivity contribution in [2.45, 2.75) is 64.7 Å². The molecule has 1 N–H and O–H groups in total. The second kappa shape index (κ2) is 7.41. The molecule has 1 aliphatic carbocycles. The number of anilines is 1. The van der Waals surface area contributed by atoms with Crippen molar-refractivity contribution in [3.05, 3.63) is 15.1 Å². The van der Waals surface area contributed by atoms with Gasteiger partial charge in [-0.3, -0.25) is 0 Å². The average molecular weight is 373 g/mol. The van der Waals surface area contributed by atoms with E-state index in [1.165, 1.54) is 41.4 Å². The van der Waals surface area contributed by atoms with E-state index in [0.717, 1.165) is 31.0 Å². The predicted octanol–water partition coefficient (Wildman–Crippen LogP) is 4.51. The Hall–Kier alpha value is -0.390. The van der Waals surface area contributed by atoms with E-state index in [9.17, 15) is 0 Å². The van der Waals surface area contributed by atoms with E-state index in [4.69, 9.17) is 9.97 Å². The number of hydrogen-bond acceptors (Lipinski definition) is 3. The highest BCUT2D eigenvalue weighted by Gasteiger charge is 2.20. The predicted molar refractivity (Wildman–Crippen MR) is 88.7 cm³/mol. The van der Waals surface area contributed by atoms with Crippen LogP contribution < -0.4 is 5.32 Å². The molecule has 4 heteroatoms. The van der Waals surface area contributed by atoms with Crippen LogP contribution in [0.1, 0.15) is 69.8 Å². The quantitative estimate of drug-likeness (QED) is 0.772. The van der Waals surface area contributed by atoms with Crippen molar-refractivity contribution >= 4 is 28.4 Å². The third-order valence-corrected chi connectivity index (χ3v) is 4.92. The third kappa shape index (κ3) is 3.80. The summed E-state index contributed by atoms with van der Waals surface area (Å²) in [5.41, 5.74) is 1.20. The topological polar surface area (TPSA) is 37.8 Å². The maximum atomic E-state index is 4.82. The molecular formula is C15H24IN3. The SMILES string of the molecule is CCCNc1nc(C2CCCCC2)nc(CC)c1I. The number of hydrogen-bond donors (Lipinski definition) is 1. The molecular weight excluding hydrogens is 349 g/mol. The van der Waals surface area contributed by atoms with Gasteiger partial charge in [-0.25, -0.2) is 9.97 Å². The van der Waals surface area contributed by atoms with Crippen molar-refractivity contribution in [2.24, 2.45) is 0 Å². The molecule has 0 unspecified atom stereocenters. The molecule has 1 aliphatic rings. The molecule has 0 radical (unpaired) electrons. The van der Waals surface area contributed by atoms with Gasteiger partial charge in [0.25, 0.3) is 0 Å². The highest BCUT2D eigenvalue weighted by Crippen LogP contribution is 2.32. The summed E-state index contributed by atoms with van der Waals surface area (Å²) in [5, 5.41) is 3.46. The summed E-state index contributed by atoms with van der Waals surface area (Å²) >= 11 is 2.38. The van der Waals surface area contributed by atoms with Crippen LogP contribution >= 0.6 is 22.6 Å². The molecule has 0 aromatic carbocycles. The van der Waals surface area contributed by atoms with Gasteiger partial charge in [-0.15, -0.1) is 0 Å². The maximum absolute atomic E-state index is 4.82. The smallest absolute Gasteiger partial charge is 0.143 e. The van der Waals surface area contributed by atoms with Crippen LogP contribution in [0.5, 0.6) is 0 Å². The molecule has 1 fully saturated rings. The van der Waals surface area contributed by atoms with Crippen molar-refractivity contribution in [3.63, 3.8) is 0 Å². The summed E-state index contributed by atoms with van der Waals surface area (Å²) in [4.78, 5) is 9.64. The molecule has 1 saturated carbocycles. The lowest BCUT2D eigenvalue weighted by Gasteiger charge is -2.22. The van der Waals surface area contributed by atoms with Crippen LogP contribution in [0, 0.1) is 3.57 Å². The molecule has 0 bridgehead atoms. The Balaban J connectivity index is 2.26. The van der Waals surface area contributed by atoms with Gasteiger partial charge < -0.3 is 5.32 Å². The minimum Gasteiger partial charge on any atom is -0.369 e. The molecule has 1 aromatic rings. The summed E-state index contributed by atoms with van der Waals surface area (Å²) in [7, 11) is 0. The molecule has 19 heavy (non-hydrogen) atoms. The molecule has 0 amide bonds. The molecule has 106 valence electrons. The number of aryl methyl sites for hydroxylation is 1. The number of nitrogens with zero attached hydrogens (tertiary/aromatic N) is 2. The maximum Gasteiger partial charge on any atom is 0.143 e. The van der Waals surface area contributed by atoms with E-state index in [1.807, 2.05) is 0 Å². The normalized spacial score (nSPS) is 16.6. The largest absolute Gasteiger partial charge is 0.369 e. The summed E-state index contributed by atoms with van der Waals surface area (Å²) < 4.78 is 1.20. The molecule has 0 aliphatic heterocycles. The first-order valence-corrected chi connectivity index (χ1v) is 8.64. The summed E-state index contributed by atoms with van der Waals surface area (Å²) in [5.74, 6) is 2.71. The number of rotatable bonds is 5. The number of aromatic nitrogens is 2. The first-order chi connectivity index (χ1) is 9.26. The lowest BCUT2D eigenvalue weighted by atomic mass is 9.88. The minimum atomic E-state index is 0.582. The van der Waals surface area contributed by atoms with E-state index >= 15 is 0 Å². The Morgan fingerprint density at radius 3 is 2.53 bits per heavy atom. The van der Waals surface area contributed by atoms with Gasteiger partial charge in [-0.1, -0.05) is 33.1 Å². The Labute approximate surface area is 130 Å². The van der Waals surface area contributed by atoms with Gasteiger partial charge in [0.15, 0.2) is 0 Å². The zero-order valence-corrected chi connectivity index (χ0v) is 14.2. The zero-order valence-electron chi connectivity index (χ0n) is 12.0. The Bertz CT molecular complexity index is 414. The summed E-state index contributed by atoms with van der Waals surface area (Å²) in [6.07, 6.45) is 8.68. The second-order valence-corrected chi connectivity index (χ2v) is 6.39. The molecule has 0 saturated heterocycles. The van der Waals surface area contributed by atoms with E-state index in [1.54, 1.807) is 0 Å². The highest BCUT2D eigenvalue weighted by molar-refractivity contribution is 14.1. The van der Waals surface area contributed by atoms with Gasteiger partial charge in [-0.05, 0) is 48.3 Å². The van der Waals surface area contributed by atoms with Gasteiger partial charge in [0.05, 0.1) is 9.26 Å². The number of halogens is 1. The highest BCUT2D eigenvalue weighted by atomic mass is 127. The Morgan fingerprint density at radius 1 is 1.16 bits per heavy atom. The lowest BCUT2D eigenvalue weighted by molar-refractivity contribution is 0.428. The first kappa shape index (κ1) is 15.0. The molecule has 0 atom stereocenters. The lowest BCUT2D eigenvalue weighted by Crippen LogP contribution is -2.14. The summed E-state index contributed by atoms with van der Waals surface area (Å²) in [6, 6.07) is 0. The average Bonchev–Trinajstić information content (AvgIpc) is 2.47. The van der Waals surface area contributed by atoms with E-state index in [2.05, 4.69) is 41.8 Å². The van der Waals surface area contributed by atoms with Gasteiger partial charge in [0.1, 0.15) is 11.6 Å². The van der Waals surface area contributed by atoms with Crippen molar-refractivity contribution in [2.75, 3.05) is 11.9 Å². The fraction of sp³-hybridized carbons (Fsp3) is 0.733. The first-order valence-electron chi connectivity index (χ1n) is 7.56. The fourth-order valence-electron chi connectivity index (χ4n) is 2.65.